The molecule has 4 N–H and O–H groups in total. The molecule has 0 saturated carbocycles. The number of nitrogen functional groups attached to an aromatic ring is 1. The number of nitrogens with two attached hydrogens (primary N) is 1. The number of amides is 1. The molecule has 0 unspecified atom stereocenters. The summed E-state index contributed by atoms with van der Waals surface area (Å²) in [6.07, 6.45) is 8.07. The number of hydrogen-bond acceptors (Lipinski definition) is 8. The standard InChI is InChI=1S/C23H23ClN6O3S/c1-3-14(24)5-4-6-15-11-33-22-21(29-15)23(32)30(12-27-22)10-20(31)26-9-16-7-17-13(2)28-19(25)8-18(17)34-16/h3-8,12,15,29H,1,9-11H2,2H3,(H2,25,28)(H,26,31)/b6-4+,14-5+/t15-/m1/s1. The summed E-state index contributed by atoms with van der Waals surface area (Å²) in [6.45, 7) is 5.94. The van der Waals surface area contributed by atoms with Gasteiger partial charge in [0.15, 0.2) is 5.69 Å². The van der Waals surface area contributed by atoms with E-state index in [-0.39, 0.29) is 30.1 Å². The van der Waals surface area contributed by atoms with Crippen molar-refractivity contribution < 1.29 is 9.53 Å². The molecule has 176 valence electrons. The predicted molar refractivity (Wildman–Crippen MR) is 135 cm³/mol. The Morgan fingerprint density at radius 3 is 3.12 bits per heavy atom. The van der Waals surface area contributed by atoms with E-state index in [1.807, 2.05) is 25.1 Å². The quantitative estimate of drug-likeness (QED) is 0.427. The summed E-state index contributed by atoms with van der Waals surface area (Å²) in [5, 5.41) is 7.45. The maximum Gasteiger partial charge on any atom is 0.281 e. The molecule has 0 radical (unpaired) electrons. The molecule has 1 aliphatic rings. The number of allylic oxidation sites excluding steroid dienone is 4. The molecule has 0 bridgehead atoms. The number of pyridine rings is 1. The van der Waals surface area contributed by atoms with Crippen LogP contribution >= 0.6 is 22.9 Å². The van der Waals surface area contributed by atoms with Crippen LogP contribution in [0.4, 0.5) is 11.5 Å². The van der Waals surface area contributed by atoms with Crippen LogP contribution in [0.2, 0.25) is 0 Å². The van der Waals surface area contributed by atoms with Gasteiger partial charge in [-0.05, 0) is 25.1 Å². The molecule has 3 aromatic rings. The summed E-state index contributed by atoms with van der Waals surface area (Å²) in [6, 6.07) is 3.55. The first-order valence-electron chi connectivity index (χ1n) is 10.4. The zero-order valence-electron chi connectivity index (χ0n) is 18.4. The van der Waals surface area contributed by atoms with Gasteiger partial charge < -0.3 is 21.1 Å². The van der Waals surface area contributed by atoms with Gasteiger partial charge in [0.25, 0.3) is 5.56 Å². The summed E-state index contributed by atoms with van der Waals surface area (Å²) in [4.78, 5) is 34.8. The molecule has 0 aliphatic carbocycles. The zero-order valence-corrected chi connectivity index (χ0v) is 19.9. The summed E-state index contributed by atoms with van der Waals surface area (Å²) in [5.74, 6) is 0.363. The van der Waals surface area contributed by atoms with Gasteiger partial charge >= 0.3 is 0 Å². The fraction of sp³-hybridized carbons (Fsp3) is 0.217. The lowest BCUT2D eigenvalue weighted by atomic mass is 10.2. The van der Waals surface area contributed by atoms with E-state index in [0.717, 1.165) is 20.7 Å². The Labute approximate surface area is 204 Å². The monoisotopic (exact) mass is 498 g/mol. The fourth-order valence-corrected chi connectivity index (χ4v) is 4.59. The molecule has 1 amide bonds. The van der Waals surface area contributed by atoms with Crippen LogP contribution in [-0.2, 0) is 17.9 Å². The molecule has 4 rings (SSSR count). The molecule has 0 fully saturated rings. The average molecular weight is 499 g/mol. The molecule has 9 nitrogen and oxygen atoms in total. The highest BCUT2D eigenvalue weighted by Crippen LogP contribution is 2.28. The third-order valence-electron chi connectivity index (χ3n) is 5.08. The Kier molecular flexibility index (Phi) is 6.99. The van der Waals surface area contributed by atoms with Gasteiger partial charge in [0, 0.05) is 25.7 Å². The molecular formula is C23H23ClN6O3S. The zero-order chi connectivity index (χ0) is 24.2. The van der Waals surface area contributed by atoms with Crippen molar-refractivity contribution in [3.8, 4) is 5.88 Å². The van der Waals surface area contributed by atoms with Crippen LogP contribution in [0.15, 0.2) is 59.2 Å². The Morgan fingerprint density at radius 1 is 1.50 bits per heavy atom. The summed E-state index contributed by atoms with van der Waals surface area (Å²) < 4.78 is 7.84. The van der Waals surface area contributed by atoms with E-state index in [0.29, 0.717) is 24.0 Å². The lowest BCUT2D eigenvalue weighted by molar-refractivity contribution is -0.121. The number of carbonyl (C=O) groups is 1. The molecule has 4 heterocycles. The minimum atomic E-state index is -0.392. The highest BCUT2D eigenvalue weighted by Gasteiger charge is 2.22. The Morgan fingerprint density at radius 2 is 2.32 bits per heavy atom. The van der Waals surface area contributed by atoms with E-state index in [1.165, 1.54) is 28.3 Å². The van der Waals surface area contributed by atoms with Gasteiger partial charge in [-0.1, -0.05) is 36.4 Å². The van der Waals surface area contributed by atoms with E-state index in [2.05, 4.69) is 27.2 Å². The van der Waals surface area contributed by atoms with Gasteiger partial charge in [0.2, 0.25) is 11.8 Å². The van der Waals surface area contributed by atoms with Gasteiger partial charge in [-0.15, -0.1) is 11.3 Å². The maximum atomic E-state index is 12.9. The lowest BCUT2D eigenvalue weighted by Crippen LogP contribution is -2.38. The number of aromatic nitrogens is 3. The van der Waals surface area contributed by atoms with Crippen LogP contribution < -0.4 is 26.7 Å². The normalized spacial score (nSPS) is 15.6. The number of ether oxygens (including phenoxy) is 1. The van der Waals surface area contributed by atoms with E-state index >= 15 is 0 Å². The summed E-state index contributed by atoms with van der Waals surface area (Å²) in [7, 11) is 0. The van der Waals surface area contributed by atoms with Gasteiger partial charge in [-0.3, -0.25) is 14.2 Å². The largest absolute Gasteiger partial charge is 0.473 e. The highest BCUT2D eigenvalue weighted by atomic mass is 35.5. The number of halogens is 1. The van der Waals surface area contributed by atoms with Crippen molar-refractivity contribution in [1.82, 2.24) is 19.9 Å². The minimum absolute atomic E-state index is 0.169. The first kappa shape index (κ1) is 23.5. The van der Waals surface area contributed by atoms with Crippen LogP contribution in [-0.4, -0.2) is 33.1 Å². The third kappa shape index (κ3) is 5.29. The van der Waals surface area contributed by atoms with Crippen molar-refractivity contribution in [3.05, 3.63) is 75.3 Å². The van der Waals surface area contributed by atoms with Gasteiger partial charge in [-0.2, -0.15) is 0 Å². The number of nitrogens with zero attached hydrogens (tertiary/aromatic N) is 3. The second kappa shape index (κ2) is 10.1. The van der Waals surface area contributed by atoms with Crippen molar-refractivity contribution in [3.63, 3.8) is 0 Å². The molecule has 34 heavy (non-hydrogen) atoms. The number of nitrogens with one attached hydrogen (secondary N) is 2. The summed E-state index contributed by atoms with van der Waals surface area (Å²) in [5.41, 5.74) is 6.48. The SMILES string of the molecule is C=C/C(Cl)=C\C=C\[C@@H]1COc2ncn(CC(=O)NCc3cc4c(C)nc(N)cc4s3)c(=O)c2N1. The molecule has 0 saturated heterocycles. The smallest absolute Gasteiger partial charge is 0.281 e. The number of hydrogen-bond donors (Lipinski definition) is 3. The van der Waals surface area contributed by atoms with Crippen molar-refractivity contribution in [2.45, 2.75) is 26.1 Å². The molecule has 0 spiro atoms. The maximum absolute atomic E-state index is 12.9. The lowest BCUT2D eigenvalue weighted by Gasteiger charge is -2.24. The van der Waals surface area contributed by atoms with Crippen molar-refractivity contribution in [2.24, 2.45) is 0 Å². The number of fused-ring (bicyclic) bond motifs is 2. The fourth-order valence-electron chi connectivity index (χ4n) is 3.42. The number of carbonyl (C=O) groups excluding carboxylic acids is 1. The van der Waals surface area contributed by atoms with E-state index in [9.17, 15) is 9.59 Å². The van der Waals surface area contributed by atoms with Gasteiger partial charge in [-0.25, -0.2) is 9.97 Å². The van der Waals surface area contributed by atoms with E-state index in [4.69, 9.17) is 22.1 Å². The van der Waals surface area contributed by atoms with Gasteiger partial charge in [0.1, 0.15) is 25.3 Å². The van der Waals surface area contributed by atoms with Crippen LogP contribution in [0.1, 0.15) is 10.6 Å². The summed E-state index contributed by atoms with van der Waals surface area (Å²) >= 11 is 7.43. The molecular weight excluding hydrogens is 476 g/mol. The molecule has 1 aliphatic heterocycles. The molecule has 1 atom stereocenters. The van der Waals surface area contributed by atoms with Crippen molar-refractivity contribution in [1.29, 1.82) is 0 Å². The second-order valence-electron chi connectivity index (χ2n) is 7.59. The number of thiophene rings is 1. The minimum Gasteiger partial charge on any atom is -0.473 e. The number of aryl methyl sites for hydroxylation is 1. The first-order valence-corrected chi connectivity index (χ1v) is 11.6. The van der Waals surface area contributed by atoms with Crippen molar-refractivity contribution in [2.75, 3.05) is 17.7 Å². The Bertz CT molecular complexity index is 1380. The number of anilines is 2. The second-order valence-corrected chi connectivity index (χ2v) is 9.20. The molecule has 3 aromatic heterocycles. The van der Waals surface area contributed by atoms with Gasteiger partial charge in [0.05, 0.1) is 12.6 Å². The van der Waals surface area contributed by atoms with Crippen LogP contribution in [0.3, 0.4) is 0 Å². The Hall–Kier alpha value is -3.63. The predicted octanol–water partition coefficient (Wildman–Crippen LogP) is 3.10. The third-order valence-corrected chi connectivity index (χ3v) is 6.44. The first-order chi connectivity index (χ1) is 16.3. The van der Waals surface area contributed by atoms with Crippen LogP contribution in [0, 0.1) is 6.92 Å². The highest BCUT2D eigenvalue weighted by molar-refractivity contribution is 7.19. The van der Waals surface area contributed by atoms with Crippen molar-refractivity contribution >= 4 is 50.4 Å². The van der Waals surface area contributed by atoms with Crippen LogP contribution in [0.25, 0.3) is 10.1 Å². The molecule has 0 aromatic carbocycles. The van der Waals surface area contributed by atoms with E-state index < -0.39 is 5.56 Å². The van der Waals surface area contributed by atoms with Crippen LogP contribution in [0.5, 0.6) is 5.88 Å². The average Bonchev–Trinajstić information content (AvgIpc) is 3.23. The molecule has 11 heteroatoms. The number of rotatable bonds is 7. The van der Waals surface area contributed by atoms with E-state index in [1.54, 1.807) is 12.2 Å². The Balaban J connectivity index is 1.41. The topological polar surface area (TPSA) is 124 Å².